The summed E-state index contributed by atoms with van der Waals surface area (Å²) in [7, 11) is 0. The number of nitrogens with two attached hydrogens (primary N) is 1. The van der Waals surface area contributed by atoms with E-state index in [1.165, 1.54) is 9.08 Å². The molecule has 3 rings (SSSR count). The quantitative estimate of drug-likeness (QED) is 0.406. The normalized spacial score (nSPS) is 10.7. The minimum Gasteiger partial charge on any atom is -0.290 e. The Bertz CT molecular complexity index is 848. The molecule has 1 aromatic carbocycles. The number of nitrogens with zero attached hydrogens (tertiary/aromatic N) is 3. The van der Waals surface area contributed by atoms with Crippen LogP contribution in [0.2, 0.25) is 0 Å². The van der Waals surface area contributed by atoms with E-state index in [2.05, 4.69) is 10.5 Å². The van der Waals surface area contributed by atoms with Gasteiger partial charge in [-0.3, -0.25) is 14.6 Å². The molecule has 0 spiro atoms. The van der Waals surface area contributed by atoms with Crippen LogP contribution in [0.15, 0.2) is 53.5 Å². The number of aromatic nitrogens is 3. The van der Waals surface area contributed by atoms with E-state index >= 15 is 0 Å². The van der Waals surface area contributed by atoms with E-state index < -0.39 is 0 Å². The molecule has 106 valence electrons. The number of benzene rings is 1. The van der Waals surface area contributed by atoms with Crippen LogP contribution in [0.3, 0.4) is 0 Å². The summed E-state index contributed by atoms with van der Waals surface area (Å²) >= 11 is 0. The molecule has 2 aromatic heterocycles. The number of carbonyl (C=O) groups is 1. The minimum atomic E-state index is -0.355. The van der Waals surface area contributed by atoms with Gasteiger partial charge in [0.05, 0.1) is 6.54 Å². The maximum atomic E-state index is 12.1. The number of pyridine rings is 1. The van der Waals surface area contributed by atoms with Gasteiger partial charge in [-0.05, 0) is 29.8 Å². The monoisotopic (exact) mass is 283 g/mol. The topological polar surface area (TPSA) is 94.4 Å². The maximum Gasteiger partial charge on any atom is 0.350 e. The minimum absolute atomic E-state index is 0.200. The Kier molecular flexibility index (Phi) is 3.25. The summed E-state index contributed by atoms with van der Waals surface area (Å²) in [6, 6.07) is 12.2. The van der Waals surface area contributed by atoms with Gasteiger partial charge in [-0.2, -0.15) is 0 Å². The molecule has 3 aromatic rings. The van der Waals surface area contributed by atoms with Crippen molar-refractivity contribution in [1.29, 1.82) is 0 Å². The summed E-state index contributed by atoms with van der Waals surface area (Å²) in [5.41, 5.74) is 3.80. The summed E-state index contributed by atoms with van der Waals surface area (Å²) in [6.45, 7) is 0.338. The molecule has 7 nitrogen and oxygen atoms in total. The van der Waals surface area contributed by atoms with Gasteiger partial charge in [0.15, 0.2) is 5.65 Å². The number of fused-ring (bicyclic) bond motifs is 1. The molecule has 2 heterocycles. The van der Waals surface area contributed by atoms with Crippen LogP contribution in [0.1, 0.15) is 15.9 Å². The molecule has 0 atom stereocenters. The van der Waals surface area contributed by atoms with E-state index in [4.69, 9.17) is 5.84 Å². The molecule has 0 aliphatic rings. The number of rotatable bonds is 3. The maximum absolute atomic E-state index is 12.1. The van der Waals surface area contributed by atoms with Crippen LogP contribution in [0.5, 0.6) is 0 Å². The van der Waals surface area contributed by atoms with Crippen molar-refractivity contribution in [2.24, 2.45) is 5.84 Å². The zero-order valence-electron chi connectivity index (χ0n) is 11.1. The Hall–Kier alpha value is -2.93. The predicted octanol–water partition coefficient (Wildman–Crippen LogP) is 0.148. The fourth-order valence-corrected chi connectivity index (χ4v) is 2.09. The zero-order valence-corrected chi connectivity index (χ0v) is 11.1. The average Bonchev–Trinajstić information content (AvgIpc) is 2.84. The molecule has 0 aliphatic heterocycles. The third-order valence-corrected chi connectivity index (χ3v) is 3.17. The molecule has 0 fully saturated rings. The highest BCUT2D eigenvalue weighted by Gasteiger charge is 2.07. The number of carbonyl (C=O) groups excluding carboxylic acids is 1. The first-order valence-electron chi connectivity index (χ1n) is 6.33. The largest absolute Gasteiger partial charge is 0.350 e. The third kappa shape index (κ3) is 2.41. The molecule has 7 heteroatoms. The smallest absolute Gasteiger partial charge is 0.290 e. The molecule has 0 unspecified atom stereocenters. The second-order valence-electron chi connectivity index (χ2n) is 4.54. The van der Waals surface area contributed by atoms with Crippen molar-refractivity contribution in [2.45, 2.75) is 6.54 Å². The third-order valence-electron chi connectivity index (χ3n) is 3.17. The highest BCUT2D eigenvalue weighted by molar-refractivity contribution is 5.93. The van der Waals surface area contributed by atoms with Crippen LogP contribution in [0.25, 0.3) is 5.65 Å². The molecular formula is C14H13N5O2. The lowest BCUT2D eigenvalue weighted by Gasteiger charge is -2.02. The van der Waals surface area contributed by atoms with E-state index in [1.807, 2.05) is 6.07 Å². The predicted molar refractivity (Wildman–Crippen MR) is 76.6 cm³/mol. The first-order chi connectivity index (χ1) is 10.2. The second-order valence-corrected chi connectivity index (χ2v) is 4.54. The van der Waals surface area contributed by atoms with Gasteiger partial charge in [-0.1, -0.05) is 18.2 Å². The lowest BCUT2D eigenvalue weighted by Crippen LogP contribution is -2.29. The highest BCUT2D eigenvalue weighted by Crippen LogP contribution is 2.06. The molecule has 21 heavy (non-hydrogen) atoms. The first-order valence-corrected chi connectivity index (χ1v) is 6.33. The summed E-state index contributed by atoms with van der Waals surface area (Å²) in [5.74, 6) is 4.72. The number of hydrogen-bond acceptors (Lipinski definition) is 4. The number of nitrogens with one attached hydrogen (secondary N) is 1. The number of hydrogen-bond donors (Lipinski definition) is 2. The van der Waals surface area contributed by atoms with Crippen molar-refractivity contribution in [3.05, 3.63) is 70.3 Å². The van der Waals surface area contributed by atoms with Gasteiger partial charge in [-0.25, -0.2) is 15.3 Å². The molecule has 0 aliphatic carbocycles. The van der Waals surface area contributed by atoms with Gasteiger partial charge in [0.25, 0.3) is 5.91 Å². The fraction of sp³-hybridized carbons (Fsp3) is 0.0714. The van der Waals surface area contributed by atoms with Gasteiger partial charge in [0.1, 0.15) is 0 Å². The van der Waals surface area contributed by atoms with Crippen LogP contribution in [-0.2, 0) is 6.54 Å². The summed E-state index contributed by atoms with van der Waals surface area (Å²) in [4.78, 5) is 23.5. The lowest BCUT2D eigenvalue weighted by molar-refractivity contribution is 0.0953. The summed E-state index contributed by atoms with van der Waals surface area (Å²) in [5, 5.41) is 4.25. The van der Waals surface area contributed by atoms with E-state index in [9.17, 15) is 9.59 Å². The van der Waals surface area contributed by atoms with Crippen molar-refractivity contribution in [1.82, 2.24) is 19.6 Å². The Balaban J connectivity index is 1.90. The van der Waals surface area contributed by atoms with Gasteiger partial charge in [0.2, 0.25) is 0 Å². The van der Waals surface area contributed by atoms with Crippen LogP contribution in [0.4, 0.5) is 0 Å². The SMILES string of the molecule is NNC(=O)c1ccc(Cn2nc3ccccn3c2=O)cc1. The average molecular weight is 283 g/mol. The van der Waals surface area contributed by atoms with Crippen molar-refractivity contribution in [2.75, 3.05) is 0 Å². The highest BCUT2D eigenvalue weighted by atomic mass is 16.2. The summed E-state index contributed by atoms with van der Waals surface area (Å²) in [6.07, 6.45) is 1.68. The fourth-order valence-electron chi connectivity index (χ4n) is 2.09. The standard InChI is InChI=1S/C14H13N5O2/c15-16-13(20)11-6-4-10(5-7-11)9-19-14(21)18-8-2-1-3-12(18)17-19/h1-8H,9,15H2,(H,16,20). The number of hydrazine groups is 1. The first kappa shape index (κ1) is 13.1. The van der Waals surface area contributed by atoms with E-state index in [0.29, 0.717) is 17.8 Å². The Labute approximate surface area is 119 Å². The molecule has 0 bridgehead atoms. The number of amides is 1. The molecule has 3 N–H and O–H groups in total. The Morgan fingerprint density at radius 3 is 2.62 bits per heavy atom. The van der Waals surface area contributed by atoms with E-state index in [1.54, 1.807) is 42.6 Å². The number of nitrogen functional groups attached to an aromatic ring is 1. The molecular weight excluding hydrogens is 270 g/mol. The molecule has 1 amide bonds. The van der Waals surface area contributed by atoms with Crippen LogP contribution >= 0.6 is 0 Å². The summed E-state index contributed by atoms with van der Waals surface area (Å²) < 4.78 is 2.86. The van der Waals surface area contributed by atoms with Crippen molar-refractivity contribution < 1.29 is 4.79 Å². The van der Waals surface area contributed by atoms with Gasteiger partial charge < -0.3 is 0 Å². The van der Waals surface area contributed by atoms with Crippen molar-refractivity contribution in [3.63, 3.8) is 0 Å². The zero-order chi connectivity index (χ0) is 14.8. The van der Waals surface area contributed by atoms with Crippen molar-refractivity contribution >= 4 is 11.6 Å². The van der Waals surface area contributed by atoms with Gasteiger partial charge in [0, 0.05) is 11.8 Å². The Morgan fingerprint density at radius 1 is 1.19 bits per heavy atom. The lowest BCUT2D eigenvalue weighted by atomic mass is 10.1. The molecule has 0 saturated carbocycles. The second kappa shape index (κ2) is 5.22. The van der Waals surface area contributed by atoms with Gasteiger partial charge >= 0.3 is 5.69 Å². The van der Waals surface area contributed by atoms with Crippen LogP contribution < -0.4 is 17.0 Å². The van der Waals surface area contributed by atoms with Gasteiger partial charge in [-0.15, -0.1) is 5.10 Å². The van der Waals surface area contributed by atoms with Crippen LogP contribution in [0, 0.1) is 0 Å². The van der Waals surface area contributed by atoms with Crippen molar-refractivity contribution in [3.8, 4) is 0 Å². The molecule has 0 saturated heterocycles. The van der Waals surface area contributed by atoms with Crippen LogP contribution in [-0.4, -0.2) is 20.1 Å². The Morgan fingerprint density at radius 2 is 1.95 bits per heavy atom. The molecule has 0 radical (unpaired) electrons. The van der Waals surface area contributed by atoms with E-state index in [-0.39, 0.29) is 11.6 Å². The van der Waals surface area contributed by atoms with E-state index in [0.717, 1.165) is 5.56 Å².